The number of rotatable bonds is 4. The largest absolute Gasteiger partial charge is 0.508 e. The van der Waals surface area contributed by atoms with E-state index in [9.17, 15) is 15.0 Å². The monoisotopic (exact) mass is 327 g/mol. The van der Waals surface area contributed by atoms with E-state index in [0.717, 1.165) is 30.0 Å². The van der Waals surface area contributed by atoms with Crippen molar-refractivity contribution in [1.29, 1.82) is 0 Å². The van der Waals surface area contributed by atoms with Crippen molar-refractivity contribution in [2.45, 2.75) is 38.8 Å². The third kappa shape index (κ3) is 3.14. The number of nitrogens with zero attached hydrogens (tertiary/aromatic N) is 2. The summed E-state index contributed by atoms with van der Waals surface area (Å²) in [6.07, 6.45) is 3.96. The Morgan fingerprint density at radius 1 is 1.29 bits per heavy atom. The van der Waals surface area contributed by atoms with Crippen LogP contribution in [0.5, 0.6) is 11.5 Å². The molecule has 1 aliphatic heterocycles. The number of fused-ring (bicyclic) bond motifs is 1. The molecule has 0 atom stereocenters. The van der Waals surface area contributed by atoms with Gasteiger partial charge in [0.15, 0.2) is 0 Å². The van der Waals surface area contributed by atoms with Gasteiger partial charge in [0.25, 0.3) is 5.56 Å². The normalized spacial score (nSPS) is 17.7. The summed E-state index contributed by atoms with van der Waals surface area (Å²) in [4.78, 5) is 22.0. The van der Waals surface area contributed by atoms with Crippen molar-refractivity contribution >= 4 is 0 Å². The number of hydrogen-bond donors (Lipinski definition) is 3. The van der Waals surface area contributed by atoms with Gasteiger partial charge in [-0.05, 0) is 43.4 Å². The number of aromatic hydroxyl groups is 2. The summed E-state index contributed by atoms with van der Waals surface area (Å²) in [5.41, 5.74) is 2.31. The summed E-state index contributed by atoms with van der Waals surface area (Å²) < 4.78 is 0. The van der Waals surface area contributed by atoms with Crippen LogP contribution in [-0.2, 0) is 25.9 Å². The summed E-state index contributed by atoms with van der Waals surface area (Å²) >= 11 is 0. The molecule has 0 saturated heterocycles. The second-order valence-corrected chi connectivity index (χ2v) is 6.86. The van der Waals surface area contributed by atoms with E-state index >= 15 is 0 Å². The van der Waals surface area contributed by atoms with Crippen LogP contribution in [0.1, 0.15) is 35.5 Å². The van der Waals surface area contributed by atoms with E-state index in [4.69, 9.17) is 0 Å². The van der Waals surface area contributed by atoms with Crippen LogP contribution in [0.25, 0.3) is 0 Å². The van der Waals surface area contributed by atoms with Crippen LogP contribution in [0.15, 0.2) is 23.0 Å². The zero-order valence-corrected chi connectivity index (χ0v) is 13.5. The van der Waals surface area contributed by atoms with Gasteiger partial charge in [0, 0.05) is 37.2 Å². The fraction of sp³-hybridized carbons (Fsp3) is 0.444. The predicted molar refractivity (Wildman–Crippen MR) is 88.9 cm³/mol. The molecule has 6 heteroatoms. The molecule has 0 unspecified atom stereocenters. The second kappa shape index (κ2) is 5.94. The molecular weight excluding hydrogens is 306 g/mol. The third-order valence-electron chi connectivity index (χ3n) is 4.84. The number of phenolic OH excluding ortho intramolecular Hbond substituents is 2. The summed E-state index contributed by atoms with van der Waals surface area (Å²) in [6, 6.07) is 4.55. The van der Waals surface area contributed by atoms with E-state index in [-0.39, 0.29) is 17.1 Å². The van der Waals surface area contributed by atoms with E-state index < -0.39 is 0 Å². The number of aromatic amines is 1. The summed E-state index contributed by atoms with van der Waals surface area (Å²) in [5, 5.41) is 19.5. The van der Waals surface area contributed by atoms with Crippen LogP contribution in [0, 0.1) is 5.92 Å². The van der Waals surface area contributed by atoms with Crippen molar-refractivity contribution in [3.05, 3.63) is 51.2 Å². The molecule has 2 heterocycles. The van der Waals surface area contributed by atoms with Crippen LogP contribution in [0.4, 0.5) is 0 Å². The number of nitrogens with one attached hydrogen (secondary N) is 1. The maximum atomic E-state index is 12.3. The molecule has 1 saturated carbocycles. The Hall–Kier alpha value is -2.34. The fourth-order valence-electron chi connectivity index (χ4n) is 3.31. The molecule has 6 nitrogen and oxygen atoms in total. The van der Waals surface area contributed by atoms with Crippen LogP contribution < -0.4 is 5.56 Å². The minimum absolute atomic E-state index is 0.00416. The summed E-state index contributed by atoms with van der Waals surface area (Å²) in [6.45, 7) is 1.84. The molecule has 1 aliphatic carbocycles. The number of aromatic nitrogens is 2. The van der Waals surface area contributed by atoms with E-state index in [1.165, 1.54) is 25.0 Å². The lowest BCUT2D eigenvalue weighted by atomic mass is 10.0. The Balaban J connectivity index is 1.55. The van der Waals surface area contributed by atoms with Gasteiger partial charge in [0.2, 0.25) is 0 Å². The van der Waals surface area contributed by atoms with Crippen LogP contribution >= 0.6 is 0 Å². The van der Waals surface area contributed by atoms with Gasteiger partial charge in [0.1, 0.15) is 17.3 Å². The zero-order chi connectivity index (χ0) is 16.7. The van der Waals surface area contributed by atoms with E-state index in [2.05, 4.69) is 14.9 Å². The molecule has 126 valence electrons. The highest BCUT2D eigenvalue weighted by Crippen LogP contribution is 2.32. The van der Waals surface area contributed by atoms with Gasteiger partial charge in [-0.2, -0.15) is 0 Å². The number of hydrogen-bond acceptors (Lipinski definition) is 5. The zero-order valence-electron chi connectivity index (χ0n) is 13.5. The minimum atomic E-state index is -0.00416. The maximum Gasteiger partial charge on any atom is 0.254 e. The quantitative estimate of drug-likeness (QED) is 0.744. The van der Waals surface area contributed by atoms with E-state index in [0.29, 0.717) is 31.0 Å². The number of H-pyrrole nitrogens is 1. The molecule has 0 radical (unpaired) electrons. The molecule has 2 aliphatic rings. The molecule has 1 aromatic heterocycles. The second-order valence-electron chi connectivity index (χ2n) is 6.86. The van der Waals surface area contributed by atoms with Crippen molar-refractivity contribution in [3.8, 4) is 11.5 Å². The summed E-state index contributed by atoms with van der Waals surface area (Å²) in [5.74, 6) is 1.78. The first kappa shape index (κ1) is 15.2. The van der Waals surface area contributed by atoms with Gasteiger partial charge < -0.3 is 15.2 Å². The first-order valence-electron chi connectivity index (χ1n) is 8.42. The summed E-state index contributed by atoms with van der Waals surface area (Å²) in [7, 11) is 0. The van der Waals surface area contributed by atoms with Crippen LogP contribution in [0.2, 0.25) is 0 Å². The molecule has 0 spiro atoms. The topological polar surface area (TPSA) is 89.5 Å². The third-order valence-corrected chi connectivity index (χ3v) is 4.84. The van der Waals surface area contributed by atoms with Gasteiger partial charge in [-0.1, -0.05) is 0 Å². The Kier molecular flexibility index (Phi) is 3.76. The van der Waals surface area contributed by atoms with E-state index in [1.807, 2.05) is 0 Å². The molecule has 0 amide bonds. The van der Waals surface area contributed by atoms with Crippen LogP contribution in [-0.4, -0.2) is 31.6 Å². The predicted octanol–water partition coefficient (Wildman–Crippen LogP) is 1.69. The average molecular weight is 327 g/mol. The smallest absolute Gasteiger partial charge is 0.254 e. The standard InChI is InChI=1S/C18H21N3O3/c22-13-3-4-16(23)12(8-13)9-21-6-5-14-15(10-21)19-17(20-18(14)24)7-11-1-2-11/h3-4,8,11,22-23H,1-2,5-7,9-10H2,(H,19,20,24). The lowest BCUT2D eigenvalue weighted by molar-refractivity contribution is 0.236. The van der Waals surface area contributed by atoms with Crippen molar-refractivity contribution in [3.63, 3.8) is 0 Å². The molecule has 1 aromatic carbocycles. The molecule has 0 bridgehead atoms. The van der Waals surface area contributed by atoms with Crippen LogP contribution in [0.3, 0.4) is 0 Å². The van der Waals surface area contributed by atoms with Gasteiger partial charge in [-0.3, -0.25) is 9.69 Å². The lowest BCUT2D eigenvalue weighted by Crippen LogP contribution is -2.35. The van der Waals surface area contributed by atoms with E-state index in [1.54, 1.807) is 6.07 Å². The van der Waals surface area contributed by atoms with Crippen molar-refractivity contribution < 1.29 is 10.2 Å². The molecule has 24 heavy (non-hydrogen) atoms. The average Bonchev–Trinajstić information content (AvgIpc) is 3.34. The van der Waals surface area contributed by atoms with Crippen molar-refractivity contribution in [2.75, 3.05) is 6.54 Å². The minimum Gasteiger partial charge on any atom is -0.508 e. The molecular formula is C18H21N3O3. The Bertz CT molecular complexity index is 827. The molecule has 3 N–H and O–H groups in total. The number of phenols is 2. The maximum absolute atomic E-state index is 12.3. The Morgan fingerprint density at radius 3 is 2.92 bits per heavy atom. The van der Waals surface area contributed by atoms with Gasteiger partial charge >= 0.3 is 0 Å². The van der Waals surface area contributed by atoms with Gasteiger partial charge in [0.05, 0.1) is 5.69 Å². The first-order valence-corrected chi connectivity index (χ1v) is 8.42. The molecule has 4 rings (SSSR count). The fourth-order valence-corrected chi connectivity index (χ4v) is 3.31. The van der Waals surface area contributed by atoms with Gasteiger partial charge in [-0.25, -0.2) is 4.98 Å². The van der Waals surface area contributed by atoms with Crippen molar-refractivity contribution in [1.82, 2.24) is 14.9 Å². The number of benzene rings is 1. The van der Waals surface area contributed by atoms with Crippen molar-refractivity contribution in [2.24, 2.45) is 5.92 Å². The SMILES string of the molecule is O=c1[nH]c(CC2CC2)nc2c1CCN(Cc1cc(O)ccc1O)C2. The Morgan fingerprint density at radius 2 is 2.12 bits per heavy atom. The lowest BCUT2D eigenvalue weighted by Gasteiger charge is -2.28. The highest BCUT2D eigenvalue weighted by Gasteiger charge is 2.25. The first-order chi connectivity index (χ1) is 11.6. The van der Waals surface area contributed by atoms with Gasteiger partial charge in [-0.15, -0.1) is 0 Å². The highest BCUT2D eigenvalue weighted by molar-refractivity contribution is 5.38. The molecule has 2 aromatic rings. The molecule has 1 fully saturated rings. The highest BCUT2D eigenvalue weighted by atomic mass is 16.3. The Labute approximate surface area is 139 Å².